The van der Waals surface area contributed by atoms with E-state index >= 15 is 0 Å². The third-order valence-corrected chi connectivity index (χ3v) is 9.58. The summed E-state index contributed by atoms with van der Waals surface area (Å²) < 4.78 is 1.32. The van der Waals surface area contributed by atoms with Gasteiger partial charge in [-0.1, -0.05) is 84.4 Å². The van der Waals surface area contributed by atoms with E-state index in [1.807, 2.05) is 48.5 Å². The van der Waals surface area contributed by atoms with Crippen LogP contribution in [-0.4, -0.2) is 28.7 Å². The number of hydrogen-bond donors (Lipinski definition) is 1. The Hall–Kier alpha value is -1.69. The van der Waals surface area contributed by atoms with Crippen molar-refractivity contribution in [1.29, 1.82) is 0 Å². The first-order chi connectivity index (χ1) is 17.2. The molecule has 0 radical (unpaired) electrons. The van der Waals surface area contributed by atoms with Crippen LogP contribution in [0.25, 0.3) is 0 Å². The van der Waals surface area contributed by atoms with Gasteiger partial charge < -0.3 is 5.11 Å². The van der Waals surface area contributed by atoms with E-state index in [4.69, 9.17) is 24.4 Å². The number of pyridine rings is 1. The van der Waals surface area contributed by atoms with Crippen LogP contribution in [0.2, 0.25) is 0 Å². The van der Waals surface area contributed by atoms with Crippen LogP contribution in [0.5, 0.6) is 5.75 Å². The Morgan fingerprint density at radius 2 is 1.31 bits per heavy atom. The van der Waals surface area contributed by atoms with Crippen molar-refractivity contribution in [2.75, 3.05) is 0 Å². The lowest BCUT2D eigenvalue weighted by atomic mass is 10.1. The zero-order valence-electron chi connectivity index (χ0n) is 19.8. The molecule has 3 aromatic rings. The van der Waals surface area contributed by atoms with Gasteiger partial charge in [0, 0.05) is 58.0 Å². The highest BCUT2D eigenvalue weighted by Crippen LogP contribution is 2.35. The van der Waals surface area contributed by atoms with Gasteiger partial charge in [0.25, 0.3) is 0 Å². The average Bonchev–Trinajstić information content (AvgIpc) is 2.83. The van der Waals surface area contributed by atoms with Gasteiger partial charge in [-0.25, -0.2) is 0 Å². The smallest absolute Gasteiger partial charge is 0.190 e. The molecular formula is C26H23NO3S6. The summed E-state index contributed by atoms with van der Waals surface area (Å²) in [6.45, 7) is 4.82. The summed E-state index contributed by atoms with van der Waals surface area (Å²) in [5.41, 5.74) is 3.85. The lowest BCUT2D eigenvalue weighted by Gasteiger charge is -2.15. The van der Waals surface area contributed by atoms with Crippen LogP contribution in [0.15, 0.2) is 64.5 Å². The number of aromatic hydroxyl groups is 1. The Labute approximate surface area is 238 Å². The molecule has 0 saturated heterocycles. The van der Waals surface area contributed by atoms with E-state index in [0.29, 0.717) is 25.6 Å². The minimum atomic E-state index is -0.00351. The molecule has 0 spiro atoms. The maximum absolute atomic E-state index is 11.6. The molecule has 0 aliphatic carbocycles. The van der Waals surface area contributed by atoms with Crippen LogP contribution in [0.3, 0.4) is 0 Å². The lowest BCUT2D eigenvalue weighted by Crippen LogP contribution is -2.02. The zero-order valence-corrected chi connectivity index (χ0v) is 24.7. The fourth-order valence-electron chi connectivity index (χ4n) is 3.16. The molecule has 1 heterocycles. The van der Waals surface area contributed by atoms with Gasteiger partial charge in [0.15, 0.2) is 10.2 Å². The predicted octanol–water partition coefficient (Wildman–Crippen LogP) is 7.59. The van der Waals surface area contributed by atoms with E-state index in [2.05, 4.69) is 4.98 Å². The zero-order chi connectivity index (χ0) is 26.2. The summed E-state index contributed by atoms with van der Waals surface area (Å²) in [4.78, 5) is 29.3. The number of nitrogens with zero attached hydrogens (tertiary/aromatic N) is 1. The SMILES string of the molecule is CC(=O)Sc1ccccc1C(=S)SCc1cnc(C)c(O)c1CSC(=S)c1ccccc1SC(C)=O. The topological polar surface area (TPSA) is 67.3 Å². The molecule has 0 aliphatic heterocycles. The molecule has 4 nitrogen and oxygen atoms in total. The van der Waals surface area contributed by atoms with Crippen molar-refractivity contribution in [3.05, 3.63) is 82.7 Å². The number of rotatable bonds is 8. The summed E-state index contributed by atoms with van der Waals surface area (Å²) in [5.74, 6) is 1.11. The number of aromatic nitrogens is 1. The average molecular weight is 590 g/mol. The highest BCUT2D eigenvalue weighted by Gasteiger charge is 2.17. The van der Waals surface area contributed by atoms with E-state index < -0.39 is 0 Å². The van der Waals surface area contributed by atoms with Crippen LogP contribution in [-0.2, 0) is 21.1 Å². The molecule has 2 aromatic carbocycles. The van der Waals surface area contributed by atoms with Crippen molar-refractivity contribution >= 4 is 90.1 Å². The molecule has 1 N–H and O–H groups in total. The second-order valence-electron chi connectivity index (χ2n) is 7.53. The van der Waals surface area contributed by atoms with Crippen molar-refractivity contribution in [3.63, 3.8) is 0 Å². The number of thioether (sulfide) groups is 4. The number of benzene rings is 2. The first-order valence-electron chi connectivity index (χ1n) is 10.7. The summed E-state index contributed by atoms with van der Waals surface area (Å²) in [6.07, 6.45) is 1.76. The molecule has 0 fully saturated rings. The van der Waals surface area contributed by atoms with Crippen LogP contribution in [0, 0.1) is 6.92 Å². The minimum absolute atomic E-state index is 0.00135. The summed E-state index contributed by atoms with van der Waals surface area (Å²) >= 11 is 16.6. The Balaban J connectivity index is 1.77. The summed E-state index contributed by atoms with van der Waals surface area (Å²) in [7, 11) is 0. The molecule has 0 saturated carbocycles. The fraction of sp³-hybridized carbons (Fsp3) is 0.192. The molecule has 0 atom stereocenters. The highest BCUT2D eigenvalue weighted by molar-refractivity contribution is 8.23. The van der Waals surface area contributed by atoms with E-state index in [1.54, 1.807) is 13.1 Å². The first kappa shape index (κ1) is 28.9. The Morgan fingerprint density at radius 3 is 1.81 bits per heavy atom. The molecule has 0 bridgehead atoms. The Bertz CT molecular complexity index is 1320. The number of thiocarbonyl (C=S) groups is 2. The molecular weight excluding hydrogens is 567 g/mol. The second-order valence-corrected chi connectivity index (χ2v) is 13.3. The van der Waals surface area contributed by atoms with Crippen LogP contribution in [0.4, 0.5) is 0 Å². The Morgan fingerprint density at radius 1 is 0.833 bits per heavy atom. The normalized spacial score (nSPS) is 10.8. The van der Waals surface area contributed by atoms with Gasteiger partial charge in [-0.2, -0.15) is 0 Å². The van der Waals surface area contributed by atoms with E-state index in [0.717, 1.165) is 55.6 Å². The van der Waals surface area contributed by atoms with Crippen molar-refractivity contribution in [2.45, 2.75) is 42.1 Å². The van der Waals surface area contributed by atoms with Crippen molar-refractivity contribution in [2.24, 2.45) is 0 Å². The lowest BCUT2D eigenvalue weighted by molar-refractivity contribution is -0.109. The molecule has 0 aliphatic rings. The van der Waals surface area contributed by atoms with E-state index in [-0.39, 0.29) is 16.0 Å². The first-order valence-corrected chi connectivity index (χ1v) is 15.1. The standard InChI is InChI=1S/C26H23NO3S6/c1-15-24(30)21(14-34-26(32)20-9-5-7-11-23(20)36-17(3)29)18(12-27-15)13-33-25(31)19-8-4-6-10-22(19)35-16(2)28/h4-12,30H,13-14H2,1-3H3. The van der Waals surface area contributed by atoms with Gasteiger partial charge in [-0.3, -0.25) is 14.6 Å². The molecule has 36 heavy (non-hydrogen) atoms. The van der Waals surface area contributed by atoms with Crippen molar-refractivity contribution in [3.8, 4) is 5.75 Å². The van der Waals surface area contributed by atoms with Crippen LogP contribution >= 0.6 is 71.5 Å². The number of aryl methyl sites for hydroxylation is 1. The molecule has 3 rings (SSSR count). The highest BCUT2D eigenvalue weighted by atomic mass is 32.2. The van der Waals surface area contributed by atoms with Gasteiger partial charge in [0.2, 0.25) is 0 Å². The van der Waals surface area contributed by atoms with Gasteiger partial charge >= 0.3 is 0 Å². The van der Waals surface area contributed by atoms with Crippen LogP contribution in [0.1, 0.15) is 41.8 Å². The summed E-state index contributed by atoms with van der Waals surface area (Å²) in [6, 6.07) is 15.1. The van der Waals surface area contributed by atoms with Gasteiger partial charge in [0.05, 0.1) is 14.1 Å². The van der Waals surface area contributed by atoms with Gasteiger partial charge in [0.1, 0.15) is 5.75 Å². The largest absolute Gasteiger partial charge is 0.506 e. The van der Waals surface area contributed by atoms with Crippen molar-refractivity contribution in [1.82, 2.24) is 4.98 Å². The third-order valence-electron chi connectivity index (χ3n) is 4.86. The maximum Gasteiger partial charge on any atom is 0.190 e. The van der Waals surface area contributed by atoms with Crippen LogP contribution < -0.4 is 0 Å². The molecule has 186 valence electrons. The fourth-order valence-corrected chi connectivity index (χ4v) is 7.41. The quantitative estimate of drug-likeness (QED) is 0.210. The monoisotopic (exact) mass is 589 g/mol. The Kier molecular flexibility index (Phi) is 11.0. The number of carbonyl (C=O) groups is 2. The summed E-state index contributed by atoms with van der Waals surface area (Å²) in [5, 5.41) is 10.8. The molecule has 0 amide bonds. The minimum Gasteiger partial charge on any atom is -0.506 e. The maximum atomic E-state index is 11.6. The number of carbonyl (C=O) groups excluding carboxylic acids is 2. The van der Waals surface area contributed by atoms with E-state index in [9.17, 15) is 14.7 Å². The van der Waals surface area contributed by atoms with Gasteiger partial charge in [-0.05, 0) is 24.6 Å². The molecule has 0 unspecified atom stereocenters. The predicted molar refractivity (Wildman–Crippen MR) is 163 cm³/mol. The van der Waals surface area contributed by atoms with E-state index in [1.165, 1.54) is 37.4 Å². The third kappa shape index (κ3) is 7.90. The second kappa shape index (κ2) is 13.7. The van der Waals surface area contributed by atoms with Crippen molar-refractivity contribution < 1.29 is 14.7 Å². The number of hydrogen-bond acceptors (Lipinski definition) is 10. The molecule has 10 heteroatoms. The molecule has 1 aromatic heterocycles. The van der Waals surface area contributed by atoms with Gasteiger partial charge in [-0.15, -0.1) is 23.5 Å².